The molecule has 0 spiro atoms. The molecule has 59 heavy (non-hydrogen) atoms. The van der Waals surface area contributed by atoms with E-state index in [4.69, 9.17) is 8.83 Å². The molecule has 3 heterocycles. The molecule has 274 valence electrons. The average Bonchev–Trinajstić information content (AvgIpc) is 3.98. The predicted molar refractivity (Wildman–Crippen MR) is 247 cm³/mol. The number of nitrogens with zero attached hydrogens (tertiary/aromatic N) is 1. The van der Waals surface area contributed by atoms with E-state index in [-0.39, 0.29) is 0 Å². The number of aromatic nitrogens is 1. The highest BCUT2D eigenvalue weighted by Gasteiger charge is 2.24. The molecule has 10 aromatic carbocycles. The van der Waals surface area contributed by atoms with Gasteiger partial charge in [0, 0.05) is 43.7 Å². The smallest absolute Gasteiger partial charge is 0.147 e. The highest BCUT2D eigenvalue weighted by Crippen LogP contribution is 2.50. The number of para-hydroxylation sites is 4. The lowest BCUT2D eigenvalue weighted by atomic mass is 9.84. The zero-order valence-corrected chi connectivity index (χ0v) is 31.8. The van der Waals surface area contributed by atoms with Crippen LogP contribution < -0.4 is 0 Å². The van der Waals surface area contributed by atoms with Crippen LogP contribution in [0.2, 0.25) is 0 Å². The van der Waals surface area contributed by atoms with Crippen molar-refractivity contribution in [3.8, 4) is 39.1 Å². The van der Waals surface area contributed by atoms with Gasteiger partial charge < -0.3 is 13.4 Å². The lowest BCUT2D eigenvalue weighted by Crippen LogP contribution is -1.93. The monoisotopic (exact) mass is 751 g/mol. The summed E-state index contributed by atoms with van der Waals surface area (Å²) in [7, 11) is 0. The maximum absolute atomic E-state index is 6.84. The molecule has 13 rings (SSSR count). The minimum absolute atomic E-state index is 0.840. The summed E-state index contributed by atoms with van der Waals surface area (Å²) in [5.74, 6) is 0. The van der Waals surface area contributed by atoms with Gasteiger partial charge in [-0.3, -0.25) is 0 Å². The van der Waals surface area contributed by atoms with E-state index >= 15 is 0 Å². The second kappa shape index (κ2) is 12.3. The molecular weight excluding hydrogens is 719 g/mol. The van der Waals surface area contributed by atoms with E-state index in [0.29, 0.717) is 0 Å². The van der Waals surface area contributed by atoms with E-state index in [9.17, 15) is 0 Å². The Morgan fingerprint density at radius 1 is 0.305 bits per heavy atom. The molecule has 0 saturated carbocycles. The van der Waals surface area contributed by atoms with Gasteiger partial charge in [-0.2, -0.15) is 0 Å². The van der Waals surface area contributed by atoms with Crippen LogP contribution in [0, 0.1) is 0 Å². The Bertz CT molecular complexity index is 3790. The lowest BCUT2D eigenvalue weighted by molar-refractivity contribution is 0.663. The first-order valence-corrected chi connectivity index (χ1v) is 20.2. The lowest BCUT2D eigenvalue weighted by Gasteiger charge is -2.18. The van der Waals surface area contributed by atoms with E-state index in [1.54, 1.807) is 0 Å². The summed E-state index contributed by atoms with van der Waals surface area (Å²) >= 11 is 0. The molecule has 0 bridgehead atoms. The largest absolute Gasteiger partial charge is 0.455 e. The minimum atomic E-state index is 0.840. The van der Waals surface area contributed by atoms with Gasteiger partial charge >= 0.3 is 0 Å². The Balaban J connectivity index is 1.06. The normalized spacial score (nSPS) is 12.1. The van der Waals surface area contributed by atoms with Crippen LogP contribution in [0.4, 0.5) is 0 Å². The molecule has 0 N–H and O–H groups in total. The SMILES string of the molecule is c1ccc(-n2c3ccccc3c3cc(-c4cccc(-c5c6ccccc6c(-c6cc7c8ccccc8oc7c7c6oc6ccccc67)c6ccccc56)c4)ccc32)cc1. The van der Waals surface area contributed by atoms with E-state index in [1.807, 2.05) is 12.1 Å². The predicted octanol–water partition coefficient (Wildman–Crippen LogP) is 15.9. The van der Waals surface area contributed by atoms with Crippen molar-refractivity contribution < 1.29 is 8.83 Å². The van der Waals surface area contributed by atoms with Crippen LogP contribution in [0.3, 0.4) is 0 Å². The molecule has 0 aliphatic rings. The van der Waals surface area contributed by atoms with Gasteiger partial charge in [0.05, 0.1) is 16.4 Å². The van der Waals surface area contributed by atoms with Gasteiger partial charge in [0.2, 0.25) is 0 Å². The molecule has 3 heteroatoms. The summed E-state index contributed by atoms with van der Waals surface area (Å²) in [6.45, 7) is 0. The van der Waals surface area contributed by atoms with Crippen molar-refractivity contribution in [3.63, 3.8) is 0 Å². The summed E-state index contributed by atoms with van der Waals surface area (Å²) in [4.78, 5) is 0. The third-order valence-corrected chi connectivity index (χ3v) is 12.4. The first kappa shape index (κ1) is 32.2. The number of fused-ring (bicyclic) bond motifs is 12. The van der Waals surface area contributed by atoms with Gasteiger partial charge in [0.1, 0.15) is 22.3 Å². The van der Waals surface area contributed by atoms with Crippen molar-refractivity contribution in [1.82, 2.24) is 4.57 Å². The summed E-state index contributed by atoms with van der Waals surface area (Å²) < 4.78 is 15.8. The van der Waals surface area contributed by atoms with Crippen molar-refractivity contribution in [2.24, 2.45) is 0 Å². The maximum atomic E-state index is 6.84. The van der Waals surface area contributed by atoms with Crippen LogP contribution in [-0.2, 0) is 0 Å². The maximum Gasteiger partial charge on any atom is 0.147 e. The highest BCUT2D eigenvalue weighted by molar-refractivity contribution is 6.29. The molecule has 0 aliphatic carbocycles. The molecule has 0 atom stereocenters. The van der Waals surface area contributed by atoms with E-state index in [2.05, 4.69) is 193 Å². The Morgan fingerprint density at radius 3 is 1.59 bits per heavy atom. The summed E-state index contributed by atoms with van der Waals surface area (Å²) in [5.41, 5.74) is 14.0. The molecule has 3 nitrogen and oxygen atoms in total. The van der Waals surface area contributed by atoms with Crippen LogP contribution in [-0.4, -0.2) is 4.57 Å². The van der Waals surface area contributed by atoms with Crippen LogP contribution >= 0.6 is 0 Å². The topological polar surface area (TPSA) is 31.2 Å². The number of benzene rings is 10. The van der Waals surface area contributed by atoms with Crippen LogP contribution in [0.1, 0.15) is 0 Å². The Labute approximate surface area is 338 Å². The van der Waals surface area contributed by atoms with Crippen LogP contribution in [0.5, 0.6) is 0 Å². The van der Waals surface area contributed by atoms with E-state index in [1.165, 1.54) is 65.6 Å². The zero-order valence-electron chi connectivity index (χ0n) is 31.8. The summed E-state index contributed by atoms with van der Waals surface area (Å²) in [6, 6.07) is 72.0. The second-order valence-corrected chi connectivity index (χ2v) is 15.5. The Morgan fingerprint density at radius 2 is 0.847 bits per heavy atom. The second-order valence-electron chi connectivity index (χ2n) is 15.5. The quantitative estimate of drug-likeness (QED) is 0.168. The van der Waals surface area contributed by atoms with Gasteiger partial charge in [-0.15, -0.1) is 0 Å². The molecule has 0 unspecified atom stereocenters. The van der Waals surface area contributed by atoms with Crippen LogP contribution in [0.15, 0.2) is 209 Å². The molecule has 13 aromatic rings. The van der Waals surface area contributed by atoms with Crippen molar-refractivity contribution in [2.45, 2.75) is 0 Å². The first-order valence-electron chi connectivity index (χ1n) is 20.2. The summed E-state index contributed by atoms with van der Waals surface area (Å²) in [6.07, 6.45) is 0. The van der Waals surface area contributed by atoms with Gasteiger partial charge in [0.15, 0.2) is 0 Å². The first-order chi connectivity index (χ1) is 29.3. The Hall–Kier alpha value is -7.88. The number of rotatable bonds is 4. The number of furan rings is 2. The van der Waals surface area contributed by atoms with E-state index < -0.39 is 0 Å². The highest BCUT2D eigenvalue weighted by atomic mass is 16.3. The number of hydrogen-bond acceptors (Lipinski definition) is 2. The molecule has 0 aliphatic heterocycles. The standard InChI is InChI=1S/C56H33NO2/c1-2-17-37(18-3-1)57-48-26-11-8-19-38(48)45-32-35(29-30-49(45)57)34-15-14-16-36(31-34)52-40-21-4-6-23-42(40)53(43-24-7-5-22-41(43)52)47-33-46-39-20-9-12-27-50(39)58-55(46)54-44-25-10-13-28-51(44)59-56(47)54/h1-33H. The minimum Gasteiger partial charge on any atom is -0.455 e. The fourth-order valence-corrected chi connectivity index (χ4v) is 9.84. The molecular formula is C56H33NO2. The fraction of sp³-hybridized carbons (Fsp3) is 0. The summed E-state index contributed by atoms with van der Waals surface area (Å²) in [5, 5.41) is 11.5. The molecule has 0 saturated heterocycles. The van der Waals surface area contributed by atoms with Crippen molar-refractivity contribution in [2.75, 3.05) is 0 Å². The fourth-order valence-electron chi connectivity index (χ4n) is 9.84. The molecule has 0 fully saturated rings. The van der Waals surface area contributed by atoms with Crippen molar-refractivity contribution in [3.05, 3.63) is 200 Å². The third-order valence-electron chi connectivity index (χ3n) is 12.4. The van der Waals surface area contributed by atoms with E-state index in [0.717, 1.165) is 60.7 Å². The van der Waals surface area contributed by atoms with Gasteiger partial charge in [0.25, 0.3) is 0 Å². The number of hydrogen-bond donors (Lipinski definition) is 0. The van der Waals surface area contributed by atoms with Gasteiger partial charge in [-0.25, -0.2) is 0 Å². The zero-order chi connectivity index (χ0) is 38.6. The third kappa shape index (κ3) is 4.64. The average molecular weight is 752 g/mol. The molecule has 3 aromatic heterocycles. The van der Waals surface area contributed by atoms with Crippen molar-refractivity contribution in [1.29, 1.82) is 0 Å². The Kier molecular flexibility index (Phi) is 6.72. The van der Waals surface area contributed by atoms with Crippen molar-refractivity contribution >= 4 is 87.2 Å². The van der Waals surface area contributed by atoms with Crippen LogP contribution in [0.25, 0.3) is 126 Å². The van der Waals surface area contributed by atoms with Gasteiger partial charge in [-0.05, 0) is 98.4 Å². The van der Waals surface area contributed by atoms with Gasteiger partial charge in [-0.1, -0.05) is 146 Å². The molecule has 0 amide bonds. The molecule has 0 radical (unpaired) electrons.